The van der Waals surface area contributed by atoms with E-state index in [1.807, 2.05) is 13.8 Å². The highest BCUT2D eigenvalue weighted by Crippen LogP contribution is 2.64. The van der Waals surface area contributed by atoms with Gasteiger partial charge >= 0.3 is 0 Å². The molecular weight excluding hydrogens is 355 g/mol. The quantitative estimate of drug-likeness (QED) is 0.859. The van der Waals surface area contributed by atoms with Crippen molar-refractivity contribution < 1.29 is 17.6 Å². The van der Waals surface area contributed by atoms with Crippen molar-refractivity contribution in [3.63, 3.8) is 0 Å². The molecule has 0 aliphatic heterocycles. The first-order chi connectivity index (χ1) is 12.0. The van der Waals surface area contributed by atoms with Crippen molar-refractivity contribution in [1.82, 2.24) is 0 Å². The summed E-state index contributed by atoms with van der Waals surface area (Å²) in [6.07, 6.45) is 0. The van der Waals surface area contributed by atoms with Crippen LogP contribution in [0, 0.1) is 24.1 Å². The van der Waals surface area contributed by atoms with Gasteiger partial charge in [-0.3, -0.25) is 4.79 Å². The van der Waals surface area contributed by atoms with Crippen LogP contribution in [0.5, 0.6) is 0 Å². The summed E-state index contributed by atoms with van der Waals surface area (Å²) in [6.45, 7) is 5.76. The molecule has 0 spiro atoms. The van der Waals surface area contributed by atoms with E-state index in [1.165, 1.54) is 24.3 Å². The topological polar surface area (TPSA) is 89.3 Å². The largest absolute Gasteiger partial charge is 0.325 e. The summed E-state index contributed by atoms with van der Waals surface area (Å²) in [5, 5.41) is 7.93. The SMILES string of the molecule is Cc1ccc(F)cc1NC(=O)C1C(c2ccc(S(N)(=O)=O)cc2)C1(C)C. The van der Waals surface area contributed by atoms with E-state index in [0.717, 1.165) is 11.1 Å². The van der Waals surface area contributed by atoms with Gasteiger partial charge in [0.1, 0.15) is 5.82 Å². The van der Waals surface area contributed by atoms with Crippen molar-refractivity contribution in [1.29, 1.82) is 0 Å². The highest BCUT2D eigenvalue weighted by atomic mass is 32.2. The summed E-state index contributed by atoms with van der Waals surface area (Å²) in [5.41, 5.74) is 1.83. The number of carbonyl (C=O) groups excluding carboxylic acids is 1. The fourth-order valence-electron chi connectivity index (χ4n) is 3.55. The highest BCUT2D eigenvalue weighted by Gasteiger charge is 2.62. The second-order valence-corrected chi connectivity index (χ2v) is 8.90. The maximum Gasteiger partial charge on any atom is 0.238 e. The number of aryl methyl sites for hydroxylation is 1. The molecule has 2 aromatic rings. The molecule has 1 aliphatic rings. The zero-order chi connectivity index (χ0) is 19.3. The van der Waals surface area contributed by atoms with Gasteiger partial charge in [-0.15, -0.1) is 0 Å². The number of benzene rings is 2. The van der Waals surface area contributed by atoms with E-state index in [0.29, 0.717) is 5.69 Å². The Morgan fingerprint density at radius 3 is 2.35 bits per heavy atom. The third kappa shape index (κ3) is 3.37. The Bertz CT molecular complexity index is 969. The number of rotatable bonds is 4. The second kappa shape index (κ2) is 6.17. The second-order valence-electron chi connectivity index (χ2n) is 7.34. The molecule has 138 valence electrons. The lowest BCUT2D eigenvalue weighted by Crippen LogP contribution is -2.17. The number of halogens is 1. The molecule has 3 N–H and O–H groups in total. The van der Waals surface area contributed by atoms with Crippen LogP contribution in [0.15, 0.2) is 47.4 Å². The standard InChI is InChI=1S/C19H21FN2O3S/c1-11-4-7-13(20)10-15(11)22-18(23)17-16(19(17,2)3)12-5-8-14(9-6-12)26(21,24)25/h4-10,16-17H,1-3H3,(H,22,23)(H2,21,24,25). The molecule has 1 amide bonds. The lowest BCUT2D eigenvalue weighted by molar-refractivity contribution is -0.118. The molecule has 2 atom stereocenters. The monoisotopic (exact) mass is 376 g/mol. The fourth-order valence-corrected chi connectivity index (χ4v) is 4.07. The van der Waals surface area contributed by atoms with Gasteiger partial charge in [0.2, 0.25) is 15.9 Å². The number of amides is 1. The Hall–Kier alpha value is -2.25. The predicted molar refractivity (Wildman–Crippen MR) is 97.6 cm³/mol. The van der Waals surface area contributed by atoms with Gasteiger partial charge in [-0.2, -0.15) is 0 Å². The van der Waals surface area contributed by atoms with E-state index < -0.39 is 15.8 Å². The van der Waals surface area contributed by atoms with Crippen molar-refractivity contribution in [3.8, 4) is 0 Å². The van der Waals surface area contributed by atoms with Crippen molar-refractivity contribution in [3.05, 3.63) is 59.4 Å². The molecule has 2 unspecified atom stereocenters. The molecule has 0 radical (unpaired) electrons. The molecule has 1 fully saturated rings. The Morgan fingerprint density at radius 2 is 1.77 bits per heavy atom. The van der Waals surface area contributed by atoms with E-state index in [-0.39, 0.29) is 28.1 Å². The van der Waals surface area contributed by atoms with E-state index in [9.17, 15) is 17.6 Å². The summed E-state index contributed by atoms with van der Waals surface area (Å²) >= 11 is 0. The molecule has 0 heterocycles. The number of anilines is 1. The van der Waals surface area contributed by atoms with Crippen LogP contribution >= 0.6 is 0 Å². The number of nitrogens with two attached hydrogens (primary N) is 1. The molecular formula is C19H21FN2O3S. The van der Waals surface area contributed by atoms with Crippen molar-refractivity contribution in [2.75, 3.05) is 5.32 Å². The first kappa shape index (κ1) is 18.5. The average Bonchev–Trinajstić information content (AvgIpc) is 3.12. The minimum atomic E-state index is -3.75. The fraction of sp³-hybridized carbons (Fsp3) is 0.316. The number of sulfonamides is 1. The number of hydrogen-bond acceptors (Lipinski definition) is 3. The van der Waals surface area contributed by atoms with Crippen LogP contribution in [0.2, 0.25) is 0 Å². The first-order valence-corrected chi connectivity index (χ1v) is 9.76. The molecule has 3 rings (SSSR count). The molecule has 2 aromatic carbocycles. The smallest absolute Gasteiger partial charge is 0.238 e. The molecule has 0 saturated heterocycles. The Labute approximate surface area is 152 Å². The first-order valence-electron chi connectivity index (χ1n) is 8.21. The minimum absolute atomic E-state index is 0.0380. The van der Waals surface area contributed by atoms with Crippen LogP contribution in [0.3, 0.4) is 0 Å². The van der Waals surface area contributed by atoms with Gasteiger partial charge in [0.15, 0.2) is 0 Å². The van der Waals surface area contributed by atoms with Crippen LogP contribution in [0.4, 0.5) is 10.1 Å². The predicted octanol–water partition coefficient (Wildman–Crippen LogP) is 3.16. The van der Waals surface area contributed by atoms with E-state index in [2.05, 4.69) is 5.32 Å². The number of hydrogen-bond donors (Lipinski definition) is 2. The summed E-state index contributed by atoms with van der Waals surface area (Å²) in [6, 6.07) is 10.5. The van der Waals surface area contributed by atoms with Gasteiger partial charge in [-0.05, 0) is 47.7 Å². The minimum Gasteiger partial charge on any atom is -0.325 e. The number of carbonyl (C=O) groups is 1. The third-order valence-electron chi connectivity index (χ3n) is 5.14. The molecule has 0 bridgehead atoms. The molecule has 1 saturated carbocycles. The maximum absolute atomic E-state index is 13.4. The van der Waals surface area contributed by atoms with Crippen molar-refractivity contribution in [2.24, 2.45) is 16.5 Å². The van der Waals surface area contributed by atoms with Crippen molar-refractivity contribution in [2.45, 2.75) is 31.6 Å². The van der Waals surface area contributed by atoms with Crippen LogP contribution < -0.4 is 10.5 Å². The van der Waals surface area contributed by atoms with Gasteiger partial charge < -0.3 is 5.32 Å². The normalized spacial score (nSPS) is 21.3. The zero-order valence-corrected chi connectivity index (χ0v) is 15.6. The molecule has 7 heteroatoms. The summed E-state index contributed by atoms with van der Waals surface area (Å²) in [7, 11) is -3.75. The van der Waals surface area contributed by atoms with Crippen LogP contribution in [0.1, 0.15) is 30.9 Å². The highest BCUT2D eigenvalue weighted by molar-refractivity contribution is 7.89. The molecule has 1 aliphatic carbocycles. The van der Waals surface area contributed by atoms with Crippen molar-refractivity contribution >= 4 is 21.6 Å². The lowest BCUT2D eigenvalue weighted by atomic mass is 10.0. The summed E-state index contributed by atoms with van der Waals surface area (Å²) in [4.78, 5) is 12.8. The molecule has 5 nitrogen and oxygen atoms in total. The van der Waals surface area contributed by atoms with Crippen LogP contribution in [-0.4, -0.2) is 14.3 Å². The van der Waals surface area contributed by atoms with Crippen LogP contribution in [0.25, 0.3) is 0 Å². The summed E-state index contributed by atoms with van der Waals surface area (Å²) in [5.74, 6) is -0.920. The van der Waals surface area contributed by atoms with Gasteiger partial charge in [-0.1, -0.05) is 32.0 Å². The Morgan fingerprint density at radius 1 is 1.15 bits per heavy atom. The zero-order valence-electron chi connectivity index (χ0n) is 14.8. The molecule has 0 aromatic heterocycles. The summed E-state index contributed by atoms with van der Waals surface area (Å²) < 4.78 is 36.2. The maximum atomic E-state index is 13.4. The van der Waals surface area contributed by atoms with Crippen LogP contribution in [-0.2, 0) is 14.8 Å². The Kier molecular flexibility index (Phi) is 4.40. The van der Waals surface area contributed by atoms with Gasteiger partial charge in [0, 0.05) is 11.6 Å². The van der Waals surface area contributed by atoms with Gasteiger partial charge in [0.05, 0.1) is 10.8 Å². The van der Waals surface area contributed by atoms with E-state index >= 15 is 0 Å². The van der Waals surface area contributed by atoms with Gasteiger partial charge in [0.25, 0.3) is 0 Å². The van der Waals surface area contributed by atoms with Gasteiger partial charge in [-0.25, -0.2) is 17.9 Å². The van der Waals surface area contributed by atoms with E-state index in [4.69, 9.17) is 5.14 Å². The average molecular weight is 376 g/mol. The Balaban J connectivity index is 1.81. The number of nitrogens with one attached hydrogen (secondary N) is 1. The number of primary sulfonamides is 1. The third-order valence-corrected chi connectivity index (χ3v) is 6.06. The van der Waals surface area contributed by atoms with E-state index in [1.54, 1.807) is 25.1 Å². The molecule has 26 heavy (non-hydrogen) atoms. The lowest BCUT2D eigenvalue weighted by Gasteiger charge is -2.09.